The van der Waals surface area contributed by atoms with Crippen molar-refractivity contribution in [3.63, 3.8) is 0 Å². The highest BCUT2D eigenvalue weighted by Gasteiger charge is 2.51. The van der Waals surface area contributed by atoms with Gasteiger partial charge in [0.25, 0.3) is 10.0 Å². The van der Waals surface area contributed by atoms with Crippen LogP contribution >= 0.6 is 23.4 Å². The highest BCUT2D eigenvalue weighted by molar-refractivity contribution is 7.99. The Labute approximate surface area is 234 Å². The van der Waals surface area contributed by atoms with E-state index < -0.39 is 32.9 Å². The second-order valence-electron chi connectivity index (χ2n) is 9.18. The van der Waals surface area contributed by atoms with Crippen LogP contribution in [0.2, 0.25) is 5.02 Å². The minimum absolute atomic E-state index is 0.129. The fourth-order valence-electron chi connectivity index (χ4n) is 3.73. The van der Waals surface area contributed by atoms with Gasteiger partial charge in [0.1, 0.15) is 11.9 Å². The lowest BCUT2D eigenvalue weighted by Gasteiger charge is -2.31. The summed E-state index contributed by atoms with van der Waals surface area (Å²) < 4.78 is 73.9. The van der Waals surface area contributed by atoms with Gasteiger partial charge in [-0.3, -0.25) is 4.79 Å². The molecule has 1 amide bonds. The van der Waals surface area contributed by atoms with Gasteiger partial charge in [0.2, 0.25) is 0 Å². The highest BCUT2D eigenvalue weighted by Crippen LogP contribution is 2.33. The van der Waals surface area contributed by atoms with E-state index in [1.807, 2.05) is 25.1 Å². The molecule has 0 bridgehead atoms. The number of hydrogen-bond acceptors (Lipinski definition) is 8. The maximum absolute atomic E-state index is 14.8. The van der Waals surface area contributed by atoms with Gasteiger partial charge in [-0.1, -0.05) is 11.6 Å². The molecular formula is C25H28ClF3N4O4S2. The van der Waals surface area contributed by atoms with E-state index in [1.165, 1.54) is 28.6 Å². The number of benzene rings is 2. The van der Waals surface area contributed by atoms with Crippen LogP contribution in [0, 0.1) is 17.1 Å². The monoisotopic (exact) mass is 604 g/mol. The number of ether oxygens (including phenoxy) is 1. The Morgan fingerprint density at radius 3 is 2.64 bits per heavy atom. The van der Waals surface area contributed by atoms with Crippen LogP contribution in [-0.4, -0.2) is 70.3 Å². The van der Waals surface area contributed by atoms with Gasteiger partial charge in [0.15, 0.2) is 6.17 Å². The molecule has 0 radical (unpaired) electrons. The molecular weight excluding hydrogens is 577 g/mol. The first-order valence-corrected chi connectivity index (χ1v) is 14.8. The average Bonchev–Trinajstić information content (AvgIpc) is 2.88. The molecule has 212 valence electrons. The summed E-state index contributed by atoms with van der Waals surface area (Å²) in [5, 5.41) is 12.8. The van der Waals surface area contributed by atoms with Crippen LogP contribution in [0.3, 0.4) is 0 Å². The summed E-state index contributed by atoms with van der Waals surface area (Å²) in [5.41, 5.74) is 0.0403. The summed E-state index contributed by atoms with van der Waals surface area (Å²) in [7, 11) is -0.934. The summed E-state index contributed by atoms with van der Waals surface area (Å²) in [6.07, 6.45) is -1.83. The molecule has 0 aliphatic carbocycles. The van der Waals surface area contributed by atoms with Crippen LogP contribution in [0.1, 0.15) is 24.8 Å². The smallest absolute Gasteiger partial charge is 0.320 e. The quantitative estimate of drug-likeness (QED) is 0.361. The maximum atomic E-state index is 14.8. The fourth-order valence-corrected chi connectivity index (χ4v) is 6.09. The molecule has 1 fully saturated rings. The normalized spacial score (nSPS) is 20.3. The molecule has 0 saturated carbocycles. The molecule has 1 unspecified atom stereocenters. The lowest BCUT2D eigenvalue weighted by Crippen LogP contribution is -2.55. The van der Waals surface area contributed by atoms with Crippen molar-refractivity contribution in [3.05, 3.63) is 52.8 Å². The molecule has 8 nitrogen and oxygen atoms in total. The summed E-state index contributed by atoms with van der Waals surface area (Å²) in [6.45, 7) is 0.436. The molecule has 1 saturated heterocycles. The van der Waals surface area contributed by atoms with Crippen molar-refractivity contribution >= 4 is 45.0 Å². The number of rotatable bonds is 11. The number of hydrogen-bond donors (Lipinski definition) is 2. The van der Waals surface area contributed by atoms with E-state index in [9.17, 15) is 31.6 Å². The third-order valence-electron chi connectivity index (χ3n) is 5.89. The molecule has 2 aromatic rings. The zero-order valence-corrected chi connectivity index (χ0v) is 23.6. The van der Waals surface area contributed by atoms with Crippen molar-refractivity contribution in [1.29, 1.82) is 5.26 Å². The number of carbonyl (C=O) groups excluding carboxylic acids is 1. The topological polar surface area (TPSA) is 112 Å². The van der Waals surface area contributed by atoms with Crippen molar-refractivity contribution in [2.45, 2.75) is 47.1 Å². The number of sulfonamides is 1. The number of nitrogens with one attached hydrogen (secondary N) is 2. The Bertz CT molecular complexity index is 1330. The van der Waals surface area contributed by atoms with Crippen molar-refractivity contribution in [2.75, 3.05) is 38.3 Å². The molecule has 14 heteroatoms. The maximum Gasteiger partial charge on any atom is 0.320 e. The van der Waals surface area contributed by atoms with Gasteiger partial charge in [-0.05, 0) is 76.3 Å². The Kier molecular flexibility index (Phi) is 10.5. The van der Waals surface area contributed by atoms with Crippen LogP contribution in [-0.2, 0) is 19.6 Å². The van der Waals surface area contributed by atoms with Gasteiger partial charge in [-0.2, -0.15) is 9.65 Å². The van der Waals surface area contributed by atoms with Gasteiger partial charge in [-0.15, -0.1) is 11.8 Å². The standard InChI is InChI=1S/C25H28ClF3N4O4S2/c1-33(2)10-9-18(15-38-19-7-5-17(27)6-8-19)31-23-16(14-30)12-20(13-21(23)26)39(35,36)32-24(34)25(29)22(28)4-3-11-37-25/h5-8,12-13,18,22,31H,3-4,9-11,15H2,1-2H3,(H,32,34)/t18-,22+,25?/m1/s1. The van der Waals surface area contributed by atoms with Gasteiger partial charge in [0.05, 0.1) is 27.8 Å². The zero-order valence-electron chi connectivity index (χ0n) is 21.2. The van der Waals surface area contributed by atoms with Crippen molar-refractivity contribution in [3.8, 4) is 6.07 Å². The Hall–Kier alpha value is -2.50. The lowest BCUT2D eigenvalue weighted by atomic mass is 10.0. The summed E-state index contributed by atoms with van der Waals surface area (Å²) in [6, 6.07) is 9.66. The van der Waals surface area contributed by atoms with Crippen LogP contribution in [0.5, 0.6) is 0 Å². The zero-order chi connectivity index (χ0) is 28.8. The average molecular weight is 605 g/mol. The Balaban J connectivity index is 1.82. The van der Waals surface area contributed by atoms with E-state index in [4.69, 9.17) is 11.6 Å². The third-order valence-corrected chi connectivity index (χ3v) is 8.67. The van der Waals surface area contributed by atoms with E-state index >= 15 is 0 Å². The van der Waals surface area contributed by atoms with E-state index in [-0.39, 0.29) is 47.6 Å². The van der Waals surface area contributed by atoms with E-state index in [1.54, 1.807) is 12.1 Å². The van der Waals surface area contributed by atoms with E-state index in [0.29, 0.717) is 18.7 Å². The van der Waals surface area contributed by atoms with Crippen LogP contribution in [0.4, 0.5) is 18.9 Å². The molecule has 2 N–H and O–H groups in total. The minimum Gasteiger partial charge on any atom is -0.379 e. The van der Waals surface area contributed by atoms with Crippen molar-refractivity contribution < 1.29 is 31.1 Å². The number of thioether (sulfide) groups is 1. The Morgan fingerprint density at radius 2 is 2.03 bits per heavy atom. The second-order valence-corrected chi connectivity index (χ2v) is 12.4. The Morgan fingerprint density at radius 1 is 1.33 bits per heavy atom. The molecule has 3 rings (SSSR count). The number of carbonyl (C=O) groups is 1. The minimum atomic E-state index is -4.73. The van der Waals surface area contributed by atoms with Gasteiger partial charge in [0, 0.05) is 16.7 Å². The second kappa shape index (κ2) is 13.2. The van der Waals surface area contributed by atoms with Crippen molar-refractivity contribution in [1.82, 2.24) is 9.62 Å². The summed E-state index contributed by atoms with van der Waals surface area (Å²) in [5.74, 6) is -5.08. The number of nitrogens with zero attached hydrogens (tertiary/aromatic N) is 2. The predicted octanol–water partition coefficient (Wildman–Crippen LogP) is 4.49. The van der Waals surface area contributed by atoms with Crippen LogP contribution < -0.4 is 10.0 Å². The lowest BCUT2D eigenvalue weighted by molar-refractivity contribution is -0.210. The highest BCUT2D eigenvalue weighted by atomic mass is 35.5. The fraction of sp³-hybridized carbons (Fsp3) is 0.440. The molecule has 0 spiro atoms. The molecule has 1 heterocycles. The predicted molar refractivity (Wildman–Crippen MR) is 143 cm³/mol. The van der Waals surface area contributed by atoms with E-state index in [2.05, 4.69) is 10.1 Å². The summed E-state index contributed by atoms with van der Waals surface area (Å²) in [4.78, 5) is 14.6. The number of amides is 1. The van der Waals surface area contributed by atoms with Gasteiger partial charge < -0.3 is 15.0 Å². The number of alkyl halides is 2. The first-order chi connectivity index (χ1) is 18.4. The number of halogens is 4. The SMILES string of the molecule is CN(C)CC[C@H](CSc1ccc(F)cc1)Nc1c(Cl)cc(S(=O)(=O)NC(=O)C2(F)OCCC[C@@H]2F)cc1C#N. The van der Waals surface area contributed by atoms with Crippen LogP contribution in [0.25, 0.3) is 0 Å². The van der Waals surface area contributed by atoms with Crippen molar-refractivity contribution in [2.24, 2.45) is 0 Å². The first kappa shape index (κ1) is 31.0. The van der Waals surface area contributed by atoms with Gasteiger partial charge >= 0.3 is 11.8 Å². The number of nitriles is 1. The summed E-state index contributed by atoms with van der Waals surface area (Å²) >= 11 is 7.85. The number of anilines is 1. The largest absolute Gasteiger partial charge is 0.379 e. The third kappa shape index (κ3) is 8.02. The van der Waals surface area contributed by atoms with E-state index in [0.717, 1.165) is 17.0 Å². The molecule has 1 aliphatic heterocycles. The molecule has 3 atom stereocenters. The van der Waals surface area contributed by atoms with Gasteiger partial charge in [-0.25, -0.2) is 21.9 Å². The molecule has 39 heavy (non-hydrogen) atoms. The molecule has 0 aromatic heterocycles. The first-order valence-electron chi connectivity index (χ1n) is 11.9. The molecule has 2 aromatic carbocycles. The molecule has 1 aliphatic rings. The van der Waals surface area contributed by atoms with Crippen LogP contribution in [0.15, 0.2) is 46.2 Å².